The van der Waals surface area contributed by atoms with Gasteiger partial charge in [-0.3, -0.25) is 10.1 Å². The molecule has 1 aliphatic heterocycles. The summed E-state index contributed by atoms with van der Waals surface area (Å²) in [5.74, 6) is -0.0771. The first kappa shape index (κ1) is 15.3. The molecule has 0 radical (unpaired) electrons. The van der Waals surface area contributed by atoms with Crippen molar-refractivity contribution >= 4 is 23.4 Å². The van der Waals surface area contributed by atoms with E-state index in [0.29, 0.717) is 18.8 Å². The van der Waals surface area contributed by atoms with E-state index in [2.05, 4.69) is 5.32 Å². The minimum Gasteiger partial charge on any atom is -0.450 e. The zero-order valence-electron chi connectivity index (χ0n) is 12.3. The van der Waals surface area contributed by atoms with Gasteiger partial charge in [0.2, 0.25) is 0 Å². The molecule has 21 heavy (non-hydrogen) atoms. The van der Waals surface area contributed by atoms with Crippen molar-refractivity contribution in [2.45, 2.75) is 19.8 Å². The van der Waals surface area contributed by atoms with Crippen LogP contribution in [-0.2, 0) is 20.7 Å². The van der Waals surface area contributed by atoms with Gasteiger partial charge in [-0.15, -0.1) is 0 Å². The third-order valence-electron chi connectivity index (χ3n) is 3.29. The Bertz CT molecular complexity index is 530. The summed E-state index contributed by atoms with van der Waals surface area (Å²) >= 11 is 0. The molecule has 0 aliphatic carbocycles. The van der Waals surface area contributed by atoms with Gasteiger partial charge in [-0.05, 0) is 37.5 Å². The molecule has 6 heteroatoms. The number of hydrogen-bond acceptors (Lipinski definition) is 4. The molecule has 0 atom stereocenters. The lowest BCUT2D eigenvalue weighted by Gasteiger charge is -2.29. The molecule has 0 saturated carbocycles. The first-order valence-corrected chi connectivity index (χ1v) is 7.01. The molecule has 0 aromatic heterocycles. The SMILES string of the molecule is CCOC(=O)Nc1ccc2c(c1)N(C(=O)COC)CCC2. The molecule has 1 heterocycles. The Labute approximate surface area is 124 Å². The van der Waals surface area contributed by atoms with Crippen LogP contribution in [0.15, 0.2) is 18.2 Å². The van der Waals surface area contributed by atoms with Crippen LogP contribution in [0.1, 0.15) is 18.9 Å². The Morgan fingerprint density at radius 2 is 2.19 bits per heavy atom. The van der Waals surface area contributed by atoms with Gasteiger partial charge in [0.1, 0.15) is 6.61 Å². The molecule has 0 unspecified atom stereocenters. The summed E-state index contributed by atoms with van der Waals surface area (Å²) in [5, 5.41) is 2.65. The van der Waals surface area contributed by atoms with Gasteiger partial charge in [-0.25, -0.2) is 4.79 Å². The Balaban J connectivity index is 2.21. The van der Waals surface area contributed by atoms with E-state index in [9.17, 15) is 9.59 Å². The molecule has 2 amide bonds. The van der Waals surface area contributed by atoms with Crippen LogP contribution in [0.25, 0.3) is 0 Å². The van der Waals surface area contributed by atoms with Crippen molar-refractivity contribution in [2.24, 2.45) is 0 Å². The summed E-state index contributed by atoms with van der Waals surface area (Å²) in [4.78, 5) is 25.3. The van der Waals surface area contributed by atoms with E-state index < -0.39 is 6.09 Å². The van der Waals surface area contributed by atoms with Gasteiger partial charge in [-0.2, -0.15) is 0 Å². The third-order valence-corrected chi connectivity index (χ3v) is 3.29. The lowest BCUT2D eigenvalue weighted by atomic mass is 10.0. The summed E-state index contributed by atoms with van der Waals surface area (Å²) < 4.78 is 9.77. The second-order valence-corrected chi connectivity index (χ2v) is 4.77. The fourth-order valence-corrected chi connectivity index (χ4v) is 2.40. The van der Waals surface area contributed by atoms with Gasteiger partial charge in [0, 0.05) is 25.0 Å². The number of ether oxygens (including phenoxy) is 2. The van der Waals surface area contributed by atoms with Gasteiger partial charge in [0.25, 0.3) is 5.91 Å². The summed E-state index contributed by atoms with van der Waals surface area (Å²) in [6.07, 6.45) is 1.35. The summed E-state index contributed by atoms with van der Waals surface area (Å²) in [5.41, 5.74) is 2.54. The largest absolute Gasteiger partial charge is 0.450 e. The molecule has 114 valence electrons. The minimum atomic E-state index is -0.497. The number of carbonyl (C=O) groups is 2. The second-order valence-electron chi connectivity index (χ2n) is 4.77. The minimum absolute atomic E-state index is 0.0506. The van der Waals surface area contributed by atoms with Gasteiger partial charge in [0.15, 0.2) is 0 Å². The van der Waals surface area contributed by atoms with E-state index in [-0.39, 0.29) is 12.5 Å². The molecule has 1 aliphatic rings. The maximum atomic E-state index is 12.1. The number of nitrogens with one attached hydrogen (secondary N) is 1. The highest BCUT2D eigenvalue weighted by Crippen LogP contribution is 2.30. The summed E-state index contributed by atoms with van der Waals surface area (Å²) in [6.45, 7) is 2.78. The molecule has 6 nitrogen and oxygen atoms in total. The topological polar surface area (TPSA) is 67.9 Å². The monoisotopic (exact) mass is 292 g/mol. The number of anilines is 2. The highest BCUT2D eigenvalue weighted by Gasteiger charge is 2.22. The lowest BCUT2D eigenvalue weighted by molar-refractivity contribution is -0.122. The molecule has 0 fully saturated rings. The molecule has 0 spiro atoms. The number of aryl methyl sites for hydroxylation is 1. The molecule has 1 aromatic carbocycles. The number of methoxy groups -OCH3 is 1. The van der Waals surface area contributed by atoms with Crippen LogP contribution in [0.4, 0.5) is 16.2 Å². The van der Waals surface area contributed by atoms with Crippen LogP contribution in [0.5, 0.6) is 0 Å². The van der Waals surface area contributed by atoms with Crippen molar-refractivity contribution in [3.05, 3.63) is 23.8 Å². The molecule has 1 aromatic rings. The quantitative estimate of drug-likeness (QED) is 0.923. The zero-order valence-corrected chi connectivity index (χ0v) is 12.3. The molecule has 0 saturated heterocycles. The van der Waals surface area contributed by atoms with Crippen molar-refractivity contribution in [3.63, 3.8) is 0 Å². The molecular weight excluding hydrogens is 272 g/mol. The fraction of sp³-hybridized carbons (Fsp3) is 0.467. The highest BCUT2D eigenvalue weighted by molar-refractivity contribution is 5.96. The van der Waals surface area contributed by atoms with Crippen molar-refractivity contribution in [1.82, 2.24) is 0 Å². The Kier molecular flexibility index (Phi) is 5.16. The van der Waals surface area contributed by atoms with Crippen molar-refractivity contribution in [1.29, 1.82) is 0 Å². The molecule has 0 bridgehead atoms. The van der Waals surface area contributed by atoms with E-state index in [0.717, 1.165) is 24.1 Å². The molecule has 2 rings (SSSR count). The number of fused-ring (bicyclic) bond motifs is 1. The predicted molar refractivity (Wildman–Crippen MR) is 79.6 cm³/mol. The second kappa shape index (κ2) is 7.08. The van der Waals surface area contributed by atoms with Crippen LogP contribution in [0.3, 0.4) is 0 Å². The first-order valence-electron chi connectivity index (χ1n) is 7.01. The van der Waals surface area contributed by atoms with Gasteiger partial charge >= 0.3 is 6.09 Å². The van der Waals surface area contributed by atoms with Crippen molar-refractivity contribution in [2.75, 3.05) is 37.1 Å². The first-order chi connectivity index (χ1) is 10.2. The number of benzene rings is 1. The number of carbonyl (C=O) groups excluding carboxylic acids is 2. The van der Waals surface area contributed by atoms with Crippen LogP contribution in [0, 0.1) is 0 Å². The molecular formula is C15H20N2O4. The van der Waals surface area contributed by atoms with Gasteiger partial charge < -0.3 is 14.4 Å². The van der Waals surface area contributed by atoms with Crippen LogP contribution in [-0.4, -0.2) is 38.9 Å². The van der Waals surface area contributed by atoms with Crippen LogP contribution >= 0.6 is 0 Å². The number of hydrogen-bond donors (Lipinski definition) is 1. The maximum absolute atomic E-state index is 12.1. The van der Waals surface area contributed by atoms with E-state index >= 15 is 0 Å². The summed E-state index contributed by atoms with van der Waals surface area (Å²) in [6, 6.07) is 5.56. The number of amides is 2. The van der Waals surface area contributed by atoms with E-state index in [1.165, 1.54) is 7.11 Å². The average molecular weight is 292 g/mol. The summed E-state index contributed by atoms with van der Waals surface area (Å²) in [7, 11) is 1.50. The maximum Gasteiger partial charge on any atom is 0.411 e. The van der Waals surface area contributed by atoms with Gasteiger partial charge in [-0.1, -0.05) is 6.07 Å². The fourth-order valence-electron chi connectivity index (χ4n) is 2.40. The normalized spacial score (nSPS) is 13.5. The molecule has 1 N–H and O–H groups in total. The Morgan fingerprint density at radius 3 is 2.90 bits per heavy atom. The van der Waals surface area contributed by atoms with E-state index in [1.54, 1.807) is 17.9 Å². The number of nitrogens with zero attached hydrogens (tertiary/aromatic N) is 1. The lowest BCUT2D eigenvalue weighted by Crippen LogP contribution is -2.37. The third kappa shape index (κ3) is 3.72. The average Bonchev–Trinajstić information content (AvgIpc) is 2.47. The van der Waals surface area contributed by atoms with Crippen LogP contribution < -0.4 is 10.2 Å². The smallest absolute Gasteiger partial charge is 0.411 e. The predicted octanol–water partition coefficient (Wildman–Crippen LogP) is 2.18. The van der Waals surface area contributed by atoms with Crippen molar-refractivity contribution in [3.8, 4) is 0 Å². The Morgan fingerprint density at radius 1 is 1.38 bits per heavy atom. The standard InChI is InChI=1S/C15H20N2O4/c1-3-21-15(19)16-12-7-6-11-5-4-8-17(13(11)9-12)14(18)10-20-2/h6-7,9H,3-5,8,10H2,1-2H3,(H,16,19). The number of rotatable bonds is 4. The highest BCUT2D eigenvalue weighted by atomic mass is 16.5. The van der Waals surface area contributed by atoms with Crippen molar-refractivity contribution < 1.29 is 19.1 Å². The van der Waals surface area contributed by atoms with Crippen LogP contribution in [0.2, 0.25) is 0 Å². The van der Waals surface area contributed by atoms with E-state index in [4.69, 9.17) is 9.47 Å². The van der Waals surface area contributed by atoms with Gasteiger partial charge in [0.05, 0.1) is 6.61 Å². The van der Waals surface area contributed by atoms with E-state index in [1.807, 2.05) is 12.1 Å². The Hall–Kier alpha value is -2.08. The zero-order chi connectivity index (χ0) is 15.2.